The molecule has 27 heavy (non-hydrogen) atoms. The van der Waals surface area contributed by atoms with Crippen molar-refractivity contribution in [1.82, 2.24) is 5.43 Å². The highest BCUT2D eigenvalue weighted by atomic mass is 127. The monoisotopic (exact) mass is 486 g/mol. The topological polar surface area (TPSA) is 97.2 Å². The maximum atomic E-state index is 12.9. The summed E-state index contributed by atoms with van der Waals surface area (Å²) < 4.78 is 23.9. The van der Waals surface area contributed by atoms with E-state index in [2.05, 4.69) is 10.5 Å². The molecule has 2 aromatic carbocycles. The van der Waals surface area contributed by atoms with Crippen LogP contribution in [0, 0.1) is 9.39 Å². The molecule has 0 atom stereocenters. The molecule has 7 nitrogen and oxygen atoms in total. The Kier molecular flexibility index (Phi) is 7.53. The van der Waals surface area contributed by atoms with Gasteiger partial charge in [0.1, 0.15) is 5.82 Å². The van der Waals surface area contributed by atoms with Gasteiger partial charge >= 0.3 is 5.97 Å². The van der Waals surface area contributed by atoms with Crippen molar-refractivity contribution >= 4 is 40.7 Å². The fourth-order valence-corrected chi connectivity index (χ4v) is 2.88. The molecule has 0 aromatic heterocycles. The maximum absolute atomic E-state index is 12.9. The van der Waals surface area contributed by atoms with Crippen LogP contribution in [0.4, 0.5) is 4.39 Å². The molecule has 1 amide bonds. The molecule has 0 spiro atoms. The van der Waals surface area contributed by atoms with E-state index in [9.17, 15) is 14.0 Å². The van der Waals surface area contributed by atoms with Crippen LogP contribution in [0.2, 0.25) is 0 Å². The number of carboxylic acid groups (broad SMARTS) is 1. The van der Waals surface area contributed by atoms with E-state index >= 15 is 0 Å². The number of nitrogens with one attached hydrogen (secondary N) is 1. The molecule has 0 saturated carbocycles. The van der Waals surface area contributed by atoms with E-state index < -0.39 is 12.6 Å². The van der Waals surface area contributed by atoms with Gasteiger partial charge in [-0.2, -0.15) is 5.10 Å². The summed E-state index contributed by atoms with van der Waals surface area (Å²) in [7, 11) is 1.43. The molecule has 0 radical (unpaired) electrons. The first-order chi connectivity index (χ1) is 12.9. The number of benzene rings is 2. The van der Waals surface area contributed by atoms with Crippen molar-refractivity contribution in [3.8, 4) is 11.5 Å². The normalized spacial score (nSPS) is 10.6. The third-order valence-electron chi connectivity index (χ3n) is 3.27. The van der Waals surface area contributed by atoms with Gasteiger partial charge in [0, 0.05) is 0 Å². The number of ether oxygens (including phenoxy) is 2. The van der Waals surface area contributed by atoms with Gasteiger partial charge in [-0.05, 0) is 58.0 Å². The van der Waals surface area contributed by atoms with Crippen LogP contribution in [0.1, 0.15) is 11.1 Å². The Labute approximate surface area is 168 Å². The second-order valence-electron chi connectivity index (χ2n) is 5.31. The lowest BCUT2D eigenvalue weighted by atomic mass is 10.1. The molecule has 2 aromatic rings. The smallest absolute Gasteiger partial charge is 0.341 e. The number of halogens is 2. The molecule has 9 heteroatoms. The number of hydrogen-bond donors (Lipinski definition) is 2. The number of hydrogen-bond acceptors (Lipinski definition) is 5. The average molecular weight is 486 g/mol. The summed E-state index contributed by atoms with van der Waals surface area (Å²) in [5.74, 6) is -1.14. The molecule has 0 heterocycles. The number of methoxy groups -OCH3 is 1. The van der Waals surface area contributed by atoms with Crippen LogP contribution in [0.3, 0.4) is 0 Å². The van der Waals surface area contributed by atoms with Gasteiger partial charge in [-0.1, -0.05) is 12.1 Å². The quantitative estimate of drug-likeness (QED) is 0.340. The molecule has 142 valence electrons. The van der Waals surface area contributed by atoms with Gasteiger partial charge in [0.15, 0.2) is 18.1 Å². The third kappa shape index (κ3) is 6.51. The van der Waals surface area contributed by atoms with E-state index in [1.807, 2.05) is 22.6 Å². The molecule has 2 rings (SSSR count). The highest BCUT2D eigenvalue weighted by Crippen LogP contribution is 2.33. The predicted octanol–water partition coefficient (Wildman–Crippen LogP) is 2.60. The van der Waals surface area contributed by atoms with Crippen molar-refractivity contribution in [2.24, 2.45) is 5.10 Å². The molecular weight excluding hydrogens is 470 g/mol. The van der Waals surface area contributed by atoms with E-state index in [4.69, 9.17) is 14.6 Å². The van der Waals surface area contributed by atoms with Crippen molar-refractivity contribution in [2.75, 3.05) is 13.7 Å². The third-order valence-corrected chi connectivity index (χ3v) is 4.07. The molecule has 0 saturated heterocycles. The van der Waals surface area contributed by atoms with Crippen molar-refractivity contribution in [2.45, 2.75) is 6.42 Å². The van der Waals surface area contributed by atoms with Crippen molar-refractivity contribution in [3.05, 3.63) is 56.9 Å². The largest absolute Gasteiger partial charge is 0.493 e. The molecule has 0 aliphatic carbocycles. The number of carbonyl (C=O) groups excluding carboxylic acids is 1. The second-order valence-corrected chi connectivity index (χ2v) is 6.48. The number of amides is 1. The lowest BCUT2D eigenvalue weighted by molar-refractivity contribution is -0.139. The van der Waals surface area contributed by atoms with Crippen LogP contribution in [0.25, 0.3) is 0 Å². The van der Waals surface area contributed by atoms with Crippen molar-refractivity contribution < 1.29 is 28.6 Å². The average Bonchev–Trinajstić information content (AvgIpc) is 2.62. The molecular formula is C18H16FIN2O5. The summed E-state index contributed by atoms with van der Waals surface area (Å²) >= 11 is 1.99. The first kappa shape index (κ1) is 20.6. The minimum Gasteiger partial charge on any atom is -0.493 e. The van der Waals surface area contributed by atoms with Crippen molar-refractivity contribution in [3.63, 3.8) is 0 Å². The lowest BCUT2D eigenvalue weighted by Gasteiger charge is -2.12. The molecule has 2 N–H and O–H groups in total. The van der Waals surface area contributed by atoms with Crippen LogP contribution in [-0.4, -0.2) is 36.9 Å². The minimum atomic E-state index is -1.10. The minimum absolute atomic E-state index is 0.0699. The van der Waals surface area contributed by atoms with Gasteiger partial charge in [0.25, 0.3) is 0 Å². The summed E-state index contributed by atoms with van der Waals surface area (Å²) in [6, 6.07) is 8.94. The van der Waals surface area contributed by atoms with Crippen molar-refractivity contribution in [1.29, 1.82) is 0 Å². The summed E-state index contributed by atoms with van der Waals surface area (Å²) in [4.78, 5) is 22.5. The summed E-state index contributed by atoms with van der Waals surface area (Å²) in [6.07, 6.45) is 1.49. The Morgan fingerprint density at radius 1 is 1.30 bits per heavy atom. The summed E-state index contributed by atoms with van der Waals surface area (Å²) in [5, 5.41) is 12.6. The number of aliphatic carboxylic acids is 1. The van der Waals surface area contributed by atoms with Gasteiger partial charge in [-0.3, -0.25) is 4.79 Å². The van der Waals surface area contributed by atoms with Crippen LogP contribution in [0.5, 0.6) is 11.5 Å². The first-order valence-electron chi connectivity index (χ1n) is 7.67. The number of nitrogens with zero attached hydrogens (tertiary/aromatic N) is 1. The van der Waals surface area contributed by atoms with Gasteiger partial charge in [0.2, 0.25) is 5.91 Å². The SMILES string of the molecule is COc1cc(/C=N/NC(=O)Cc2ccc(F)cc2)cc(I)c1OCC(=O)O. The predicted molar refractivity (Wildman–Crippen MR) is 105 cm³/mol. The number of carbonyl (C=O) groups is 2. The fourth-order valence-electron chi connectivity index (χ4n) is 2.09. The van der Waals surface area contributed by atoms with E-state index in [1.165, 1.54) is 37.6 Å². The van der Waals surface area contributed by atoms with E-state index in [-0.39, 0.29) is 18.1 Å². The maximum Gasteiger partial charge on any atom is 0.341 e. The number of carboxylic acids is 1. The zero-order chi connectivity index (χ0) is 19.8. The Hall–Kier alpha value is -2.69. The molecule has 0 bridgehead atoms. The molecule has 0 fully saturated rings. The highest BCUT2D eigenvalue weighted by molar-refractivity contribution is 14.1. The Bertz CT molecular complexity index is 856. The van der Waals surface area contributed by atoms with Gasteiger partial charge in [-0.25, -0.2) is 14.6 Å². The van der Waals surface area contributed by atoms with Crippen LogP contribution >= 0.6 is 22.6 Å². The molecule has 0 aliphatic heterocycles. The second kappa shape index (κ2) is 9.86. The number of hydrazone groups is 1. The van der Waals surface area contributed by atoms with Crippen LogP contribution in [-0.2, 0) is 16.0 Å². The first-order valence-corrected chi connectivity index (χ1v) is 8.75. The van der Waals surface area contributed by atoms with Gasteiger partial charge in [0.05, 0.1) is 23.3 Å². The lowest BCUT2D eigenvalue weighted by Crippen LogP contribution is -2.19. The fraction of sp³-hybridized carbons (Fsp3) is 0.167. The highest BCUT2D eigenvalue weighted by Gasteiger charge is 2.12. The van der Waals surface area contributed by atoms with Crippen LogP contribution in [0.15, 0.2) is 41.5 Å². The zero-order valence-electron chi connectivity index (χ0n) is 14.2. The van der Waals surface area contributed by atoms with E-state index in [0.717, 1.165) is 0 Å². The van der Waals surface area contributed by atoms with Gasteiger partial charge < -0.3 is 14.6 Å². The standard InChI is InChI=1S/C18H16FIN2O5/c1-26-15-7-12(6-14(20)18(15)27-10-17(24)25)9-21-22-16(23)8-11-2-4-13(19)5-3-11/h2-7,9H,8,10H2,1H3,(H,22,23)(H,24,25)/b21-9+. The Morgan fingerprint density at radius 2 is 2.00 bits per heavy atom. The summed E-state index contributed by atoms with van der Waals surface area (Å²) in [6.45, 7) is -0.487. The van der Waals surface area contributed by atoms with Gasteiger partial charge in [-0.15, -0.1) is 0 Å². The Balaban J connectivity index is 2.01. The summed E-state index contributed by atoms with van der Waals surface area (Å²) in [5.41, 5.74) is 3.68. The molecule has 0 unspecified atom stereocenters. The molecule has 0 aliphatic rings. The number of rotatable bonds is 8. The van der Waals surface area contributed by atoms with E-state index in [1.54, 1.807) is 12.1 Å². The zero-order valence-corrected chi connectivity index (χ0v) is 16.4. The van der Waals surface area contributed by atoms with E-state index in [0.29, 0.717) is 26.2 Å². The Morgan fingerprint density at radius 3 is 2.63 bits per heavy atom. The van der Waals surface area contributed by atoms with Crippen LogP contribution < -0.4 is 14.9 Å².